The molecule has 3 aliphatic rings. The summed E-state index contributed by atoms with van der Waals surface area (Å²) < 4.78 is 45.1. The molecule has 3 saturated heterocycles. The first-order valence-electron chi connectivity index (χ1n) is 10.8. The second-order valence-corrected chi connectivity index (χ2v) is 8.17. The molecule has 1 aromatic rings. The molecule has 0 radical (unpaired) electrons. The lowest BCUT2D eigenvalue weighted by Gasteiger charge is -2.36. The number of hydrogen-bond acceptors (Lipinski definition) is 4. The first-order valence-corrected chi connectivity index (χ1v) is 10.8. The number of rotatable bonds is 3. The molecule has 7 nitrogen and oxygen atoms in total. The summed E-state index contributed by atoms with van der Waals surface area (Å²) in [4.78, 5) is 30.5. The number of carbonyl (C=O) groups is 2. The van der Waals surface area contributed by atoms with Crippen molar-refractivity contribution in [3.8, 4) is 0 Å². The van der Waals surface area contributed by atoms with Crippen LogP contribution in [-0.4, -0.2) is 73.7 Å². The first-order chi connectivity index (χ1) is 14.8. The molecule has 1 atom stereocenters. The van der Waals surface area contributed by atoms with Crippen molar-refractivity contribution in [3.05, 3.63) is 23.8 Å². The fourth-order valence-electron chi connectivity index (χ4n) is 4.35. The predicted molar refractivity (Wildman–Crippen MR) is 109 cm³/mol. The van der Waals surface area contributed by atoms with Gasteiger partial charge >= 0.3 is 12.2 Å². The summed E-state index contributed by atoms with van der Waals surface area (Å²) in [5.74, 6) is -0.0493. The fraction of sp³-hybridized carbons (Fsp3) is 0.619. The molecule has 0 bridgehead atoms. The van der Waals surface area contributed by atoms with Gasteiger partial charge in [-0.2, -0.15) is 13.2 Å². The van der Waals surface area contributed by atoms with E-state index in [9.17, 15) is 22.8 Å². The van der Waals surface area contributed by atoms with Crippen molar-refractivity contribution in [2.75, 3.05) is 56.1 Å². The molecule has 0 aliphatic carbocycles. The zero-order valence-electron chi connectivity index (χ0n) is 17.3. The van der Waals surface area contributed by atoms with Crippen LogP contribution >= 0.6 is 0 Å². The van der Waals surface area contributed by atoms with E-state index in [0.717, 1.165) is 44.5 Å². The van der Waals surface area contributed by atoms with E-state index in [1.807, 2.05) is 4.90 Å². The number of anilines is 2. The highest BCUT2D eigenvalue weighted by molar-refractivity contribution is 5.94. The van der Waals surface area contributed by atoms with Gasteiger partial charge in [0.15, 0.2) is 0 Å². The van der Waals surface area contributed by atoms with Crippen molar-refractivity contribution in [2.45, 2.75) is 38.0 Å². The first kappa shape index (κ1) is 21.7. The Morgan fingerprint density at radius 2 is 1.65 bits per heavy atom. The highest BCUT2D eigenvalue weighted by atomic mass is 19.4. The molecule has 4 rings (SSSR count). The highest BCUT2D eigenvalue weighted by Gasteiger charge is 2.33. The molecule has 3 heterocycles. The molecule has 1 aromatic carbocycles. The molecule has 0 spiro atoms. The summed E-state index contributed by atoms with van der Waals surface area (Å²) >= 11 is 0. The largest absolute Gasteiger partial charge is 0.416 e. The van der Waals surface area contributed by atoms with Crippen molar-refractivity contribution in [2.24, 2.45) is 0 Å². The number of amides is 3. The Hall–Kier alpha value is -2.49. The maximum absolute atomic E-state index is 13.2. The minimum absolute atomic E-state index is 0.0493. The summed E-state index contributed by atoms with van der Waals surface area (Å²) in [7, 11) is 0. The zero-order chi connectivity index (χ0) is 22.0. The van der Waals surface area contributed by atoms with Crippen molar-refractivity contribution in [1.82, 2.24) is 9.80 Å². The number of piperazine rings is 1. The quantitative estimate of drug-likeness (QED) is 0.784. The predicted octanol–water partition coefficient (Wildman–Crippen LogP) is 3.16. The van der Waals surface area contributed by atoms with Crippen molar-refractivity contribution >= 4 is 23.3 Å². The molecule has 170 valence electrons. The van der Waals surface area contributed by atoms with Crippen LogP contribution in [-0.2, 0) is 15.7 Å². The van der Waals surface area contributed by atoms with Crippen LogP contribution < -0.4 is 10.2 Å². The van der Waals surface area contributed by atoms with Gasteiger partial charge in [-0.15, -0.1) is 0 Å². The van der Waals surface area contributed by atoms with E-state index in [1.54, 1.807) is 4.90 Å². The second kappa shape index (κ2) is 8.94. The van der Waals surface area contributed by atoms with E-state index in [2.05, 4.69) is 5.32 Å². The van der Waals surface area contributed by atoms with Crippen LogP contribution in [0.2, 0.25) is 0 Å². The number of nitrogens with one attached hydrogen (secondary N) is 1. The molecule has 3 aliphatic heterocycles. The van der Waals surface area contributed by atoms with E-state index >= 15 is 0 Å². The molecule has 3 amide bonds. The van der Waals surface area contributed by atoms with E-state index in [-0.39, 0.29) is 11.6 Å². The minimum Gasteiger partial charge on any atom is -0.370 e. The van der Waals surface area contributed by atoms with Crippen molar-refractivity contribution in [1.29, 1.82) is 0 Å². The van der Waals surface area contributed by atoms with Gasteiger partial charge in [-0.05, 0) is 43.9 Å². The van der Waals surface area contributed by atoms with Crippen LogP contribution in [0.25, 0.3) is 0 Å². The molecule has 0 saturated carbocycles. The Morgan fingerprint density at radius 1 is 0.968 bits per heavy atom. The third-order valence-corrected chi connectivity index (χ3v) is 6.10. The van der Waals surface area contributed by atoms with Gasteiger partial charge in [0.05, 0.1) is 16.9 Å². The van der Waals surface area contributed by atoms with Gasteiger partial charge in [0.25, 0.3) is 5.91 Å². The van der Waals surface area contributed by atoms with Gasteiger partial charge in [0.2, 0.25) is 0 Å². The molecule has 1 unspecified atom stereocenters. The highest BCUT2D eigenvalue weighted by Crippen LogP contribution is 2.36. The molecule has 3 fully saturated rings. The lowest BCUT2D eigenvalue weighted by atomic mass is 10.1. The van der Waals surface area contributed by atoms with Crippen LogP contribution in [0.1, 0.15) is 31.2 Å². The Morgan fingerprint density at radius 3 is 2.26 bits per heavy atom. The van der Waals surface area contributed by atoms with Gasteiger partial charge < -0.3 is 24.8 Å². The van der Waals surface area contributed by atoms with Gasteiger partial charge in [0.1, 0.15) is 6.10 Å². The number of hydrogen-bond donors (Lipinski definition) is 1. The standard InChI is InChI=1S/C21H27F3N4O3/c22-21(23,24)15-5-6-17(26-7-1-2-8-26)16(14-15)25-20(30)28-11-9-27(10-12-28)19(29)18-4-3-13-31-18/h5-6,14,18H,1-4,7-13H2,(H,25,30). The van der Waals surface area contributed by atoms with Crippen LogP contribution in [0, 0.1) is 0 Å². The number of carbonyl (C=O) groups excluding carboxylic acids is 2. The number of nitrogens with zero attached hydrogens (tertiary/aromatic N) is 3. The fourth-order valence-corrected chi connectivity index (χ4v) is 4.35. The van der Waals surface area contributed by atoms with Gasteiger partial charge in [-0.3, -0.25) is 4.79 Å². The van der Waals surface area contributed by atoms with Gasteiger partial charge in [-0.1, -0.05) is 0 Å². The maximum Gasteiger partial charge on any atom is 0.416 e. The third kappa shape index (κ3) is 4.89. The zero-order valence-corrected chi connectivity index (χ0v) is 17.3. The lowest BCUT2D eigenvalue weighted by molar-refractivity contribution is -0.142. The molecular formula is C21H27F3N4O3. The summed E-state index contributed by atoms with van der Waals surface area (Å²) in [5.41, 5.74) is -0.0247. The van der Waals surface area contributed by atoms with Gasteiger partial charge in [-0.25, -0.2) is 4.79 Å². The van der Waals surface area contributed by atoms with Crippen molar-refractivity contribution < 1.29 is 27.5 Å². The van der Waals surface area contributed by atoms with E-state index in [4.69, 9.17) is 4.74 Å². The SMILES string of the molecule is O=C(Nc1cc(C(F)(F)F)ccc1N1CCCC1)N1CCN(C(=O)C2CCCO2)CC1. The van der Waals surface area contributed by atoms with E-state index in [1.165, 1.54) is 11.0 Å². The van der Waals surface area contributed by atoms with Crippen molar-refractivity contribution in [3.63, 3.8) is 0 Å². The molecule has 10 heteroatoms. The summed E-state index contributed by atoms with van der Waals surface area (Å²) in [6.45, 7) is 3.50. The number of alkyl halides is 3. The molecular weight excluding hydrogens is 413 g/mol. The third-order valence-electron chi connectivity index (χ3n) is 6.10. The molecule has 0 aromatic heterocycles. The average Bonchev–Trinajstić information content (AvgIpc) is 3.47. The monoisotopic (exact) mass is 440 g/mol. The Bertz CT molecular complexity index is 813. The minimum atomic E-state index is -4.49. The average molecular weight is 440 g/mol. The number of urea groups is 1. The van der Waals surface area contributed by atoms with Crippen LogP contribution in [0.4, 0.5) is 29.3 Å². The Labute approximate surface area is 179 Å². The normalized spacial score (nSPS) is 22.2. The summed E-state index contributed by atoms with van der Waals surface area (Å²) in [5, 5.41) is 2.69. The topological polar surface area (TPSA) is 65.1 Å². The summed E-state index contributed by atoms with van der Waals surface area (Å²) in [6, 6.07) is 3.03. The maximum atomic E-state index is 13.2. The Kier molecular flexibility index (Phi) is 6.27. The number of ether oxygens (including phenoxy) is 1. The molecule has 1 N–H and O–H groups in total. The second-order valence-electron chi connectivity index (χ2n) is 8.17. The van der Waals surface area contributed by atoms with E-state index in [0.29, 0.717) is 44.9 Å². The number of halogens is 3. The van der Waals surface area contributed by atoms with Crippen LogP contribution in [0.15, 0.2) is 18.2 Å². The summed E-state index contributed by atoms with van der Waals surface area (Å²) in [6.07, 6.45) is -1.36. The Balaban J connectivity index is 1.42. The number of benzene rings is 1. The van der Waals surface area contributed by atoms with Crippen LogP contribution in [0.3, 0.4) is 0 Å². The molecule has 31 heavy (non-hydrogen) atoms. The van der Waals surface area contributed by atoms with Crippen LogP contribution in [0.5, 0.6) is 0 Å². The van der Waals surface area contributed by atoms with E-state index < -0.39 is 23.9 Å². The smallest absolute Gasteiger partial charge is 0.370 e. The van der Waals surface area contributed by atoms with Gasteiger partial charge in [0, 0.05) is 45.9 Å². The lowest BCUT2D eigenvalue weighted by Crippen LogP contribution is -2.53.